The number of halogens is 1. The zero-order valence-electron chi connectivity index (χ0n) is 10.5. The number of carbonyl (C=O) groups excluding carboxylic acids is 2. The lowest BCUT2D eigenvalue weighted by atomic mass is 9.86. The Morgan fingerprint density at radius 1 is 1.15 bits per heavy atom. The standard InChI is InChI=1S/C16H11ClO3/c17-16(19)11-6-7-14-13(8-11)12(9-15(18)20-14)10-4-2-1-3-5-10/h1-8,12H,9H2/t12-/m0/s1. The second-order valence-corrected chi connectivity index (χ2v) is 5.01. The molecule has 2 aromatic carbocycles. The summed E-state index contributed by atoms with van der Waals surface area (Å²) in [5, 5.41) is -0.517. The van der Waals surface area contributed by atoms with E-state index in [9.17, 15) is 9.59 Å². The summed E-state index contributed by atoms with van der Waals surface area (Å²) in [6.45, 7) is 0. The first-order valence-corrected chi connectivity index (χ1v) is 6.62. The van der Waals surface area contributed by atoms with Crippen molar-refractivity contribution < 1.29 is 14.3 Å². The molecule has 3 rings (SSSR count). The van der Waals surface area contributed by atoms with Gasteiger partial charge >= 0.3 is 5.97 Å². The van der Waals surface area contributed by atoms with Gasteiger partial charge in [-0.3, -0.25) is 9.59 Å². The molecule has 0 aromatic heterocycles. The van der Waals surface area contributed by atoms with Crippen molar-refractivity contribution in [2.75, 3.05) is 0 Å². The van der Waals surface area contributed by atoms with Crippen LogP contribution in [0.3, 0.4) is 0 Å². The molecule has 2 aromatic rings. The smallest absolute Gasteiger partial charge is 0.312 e. The van der Waals surface area contributed by atoms with Gasteiger partial charge in [-0.2, -0.15) is 0 Å². The van der Waals surface area contributed by atoms with Crippen LogP contribution in [0.4, 0.5) is 0 Å². The molecular formula is C16H11ClO3. The molecule has 0 aliphatic carbocycles. The van der Waals surface area contributed by atoms with Crippen molar-refractivity contribution >= 4 is 22.8 Å². The van der Waals surface area contributed by atoms with Crippen molar-refractivity contribution in [2.45, 2.75) is 12.3 Å². The molecule has 0 bridgehead atoms. The van der Waals surface area contributed by atoms with E-state index in [4.69, 9.17) is 16.3 Å². The lowest BCUT2D eigenvalue weighted by Gasteiger charge is -2.25. The molecule has 0 unspecified atom stereocenters. The van der Waals surface area contributed by atoms with E-state index in [0.717, 1.165) is 11.1 Å². The number of hydrogen-bond acceptors (Lipinski definition) is 3. The normalized spacial score (nSPS) is 17.2. The molecule has 0 radical (unpaired) electrons. The molecule has 0 saturated carbocycles. The SMILES string of the molecule is O=C1C[C@@H](c2ccccc2)c2cc(C(=O)Cl)ccc2O1. The van der Waals surface area contributed by atoms with Crippen molar-refractivity contribution in [2.24, 2.45) is 0 Å². The van der Waals surface area contributed by atoms with Crippen molar-refractivity contribution in [3.8, 4) is 5.75 Å². The molecule has 20 heavy (non-hydrogen) atoms. The van der Waals surface area contributed by atoms with Crippen LogP contribution in [0.25, 0.3) is 0 Å². The van der Waals surface area contributed by atoms with Crippen LogP contribution in [0, 0.1) is 0 Å². The zero-order chi connectivity index (χ0) is 14.1. The van der Waals surface area contributed by atoms with E-state index in [0.29, 0.717) is 11.3 Å². The van der Waals surface area contributed by atoms with Crippen LogP contribution in [0.5, 0.6) is 5.75 Å². The number of benzene rings is 2. The third-order valence-corrected chi connectivity index (χ3v) is 3.63. The van der Waals surface area contributed by atoms with Crippen LogP contribution in [0.15, 0.2) is 48.5 Å². The van der Waals surface area contributed by atoms with Crippen molar-refractivity contribution in [1.82, 2.24) is 0 Å². The summed E-state index contributed by atoms with van der Waals surface area (Å²) in [5.41, 5.74) is 2.25. The van der Waals surface area contributed by atoms with Gasteiger partial charge in [0, 0.05) is 17.0 Å². The second-order valence-electron chi connectivity index (χ2n) is 4.67. The highest BCUT2D eigenvalue weighted by atomic mass is 35.5. The number of carbonyl (C=O) groups is 2. The van der Waals surface area contributed by atoms with E-state index in [-0.39, 0.29) is 18.3 Å². The molecular weight excluding hydrogens is 276 g/mol. The monoisotopic (exact) mass is 286 g/mol. The van der Waals surface area contributed by atoms with Crippen molar-refractivity contribution in [3.05, 3.63) is 65.2 Å². The molecule has 3 nitrogen and oxygen atoms in total. The molecule has 0 amide bonds. The van der Waals surface area contributed by atoms with Gasteiger partial charge in [-0.25, -0.2) is 0 Å². The van der Waals surface area contributed by atoms with Gasteiger partial charge in [-0.1, -0.05) is 30.3 Å². The first-order valence-electron chi connectivity index (χ1n) is 6.24. The lowest BCUT2D eigenvalue weighted by molar-refractivity contribution is -0.135. The van der Waals surface area contributed by atoms with Crippen LogP contribution in [-0.2, 0) is 4.79 Å². The predicted octanol–water partition coefficient (Wildman–Crippen LogP) is 3.51. The highest BCUT2D eigenvalue weighted by Gasteiger charge is 2.28. The van der Waals surface area contributed by atoms with Crippen LogP contribution in [-0.4, -0.2) is 11.2 Å². The molecule has 0 spiro atoms. The third-order valence-electron chi connectivity index (χ3n) is 3.41. The Bertz CT molecular complexity index is 679. The quantitative estimate of drug-likeness (QED) is 0.482. The summed E-state index contributed by atoms with van der Waals surface area (Å²) in [5.74, 6) is 0.122. The topological polar surface area (TPSA) is 43.4 Å². The number of esters is 1. The average molecular weight is 287 g/mol. The van der Waals surface area contributed by atoms with Crippen molar-refractivity contribution in [3.63, 3.8) is 0 Å². The summed E-state index contributed by atoms with van der Waals surface area (Å²) >= 11 is 5.52. The number of ether oxygens (including phenoxy) is 1. The average Bonchev–Trinajstić information content (AvgIpc) is 2.46. The third kappa shape index (κ3) is 2.32. The van der Waals surface area contributed by atoms with Crippen LogP contribution >= 0.6 is 11.6 Å². The summed E-state index contributed by atoms with van der Waals surface area (Å²) in [7, 11) is 0. The molecule has 1 aliphatic heterocycles. The van der Waals surface area contributed by atoms with Gasteiger partial charge in [-0.15, -0.1) is 0 Å². The Labute approximate surface area is 121 Å². The van der Waals surface area contributed by atoms with Gasteiger partial charge in [0.2, 0.25) is 0 Å². The number of rotatable bonds is 2. The van der Waals surface area contributed by atoms with E-state index in [1.807, 2.05) is 30.3 Å². The van der Waals surface area contributed by atoms with E-state index in [1.165, 1.54) is 0 Å². The highest BCUT2D eigenvalue weighted by Crippen LogP contribution is 2.39. The van der Waals surface area contributed by atoms with Gasteiger partial charge < -0.3 is 4.74 Å². The first-order chi connectivity index (χ1) is 9.65. The van der Waals surface area contributed by atoms with Gasteiger partial charge in [-0.05, 0) is 35.4 Å². The van der Waals surface area contributed by atoms with Gasteiger partial charge in [0.15, 0.2) is 0 Å². The molecule has 100 valence electrons. The van der Waals surface area contributed by atoms with Gasteiger partial charge in [0.25, 0.3) is 5.24 Å². The number of fused-ring (bicyclic) bond motifs is 1. The van der Waals surface area contributed by atoms with E-state index >= 15 is 0 Å². The van der Waals surface area contributed by atoms with Crippen LogP contribution in [0.2, 0.25) is 0 Å². The fourth-order valence-electron chi connectivity index (χ4n) is 2.46. The summed E-state index contributed by atoms with van der Waals surface area (Å²) in [6.07, 6.45) is 0.261. The molecule has 1 aliphatic rings. The maximum Gasteiger partial charge on any atom is 0.312 e. The molecule has 0 fully saturated rings. The predicted molar refractivity (Wildman–Crippen MR) is 75.2 cm³/mol. The minimum absolute atomic E-state index is 0.108. The van der Waals surface area contributed by atoms with Crippen LogP contribution in [0.1, 0.15) is 33.8 Å². The zero-order valence-corrected chi connectivity index (χ0v) is 11.3. The Hall–Kier alpha value is -2.13. The van der Waals surface area contributed by atoms with Crippen molar-refractivity contribution in [1.29, 1.82) is 0 Å². The largest absolute Gasteiger partial charge is 0.426 e. The van der Waals surface area contributed by atoms with E-state index < -0.39 is 5.24 Å². The highest BCUT2D eigenvalue weighted by molar-refractivity contribution is 6.67. The van der Waals surface area contributed by atoms with E-state index in [2.05, 4.69) is 0 Å². The maximum atomic E-state index is 11.7. The minimum Gasteiger partial charge on any atom is -0.426 e. The molecule has 0 saturated heterocycles. The Morgan fingerprint density at radius 3 is 2.60 bits per heavy atom. The fourth-order valence-corrected chi connectivity index (χ4v) is 2.58. The molecule has 0 N–H and O–H groups in total. The van der Waals surface area contributed by atoms with E-state index in [1.54, 1.807) is 18.2 Å². The Balaban J connectivity index is 2.12. The van der Waals surface area contributed by atoms with Gasteiger partial charge in [0.05, 0.1) is 6.42 Å². The molecule has 4 heteroatoms. The summed E-state index contributed by atoms with van der Waals surface area (Å²) in [6, 6.07) is 14.6. The number of hydrogen-bond donors (Lipinski definition) is 0. The first kappa shape index (κ1) is 12.9. The minimum atomic E-state index is -0.517. The van der Waals surface area contributed by atoms with Gasteiger partial charge in [0.1, 0.15) is 5.75 Å². The maximum absolute atomic E-state index is 11.7. The summed E-state index contributed by atoms with van der Waals surface area (Å²) < 4.78 is 5.22. The molecule has 1 heterocycles. The lowest BCUT2D eigenvalue weighted by Crippen LogP contribution is -2.21. The summed E-state index contributed by atoms with van der Waals surface area (Å²) in [4.78, 5) is 23.0. The molecule has 1 atom stereocenters. The fraction of sp³-hybridized carbons (Fsp3) is 0.125. The Morgan fingerprint density at radius 2 is 1.90 bits per heavy atom. The second kappa shape index (κ2) is 5.10. The Kier molecular flexibility index (Phi) is 3.28. The van der Waals surface area contributed by atoms with Crippen LogP contribution < -0.4 is 4.74 Å².